The minimum absolute atomic E-state index is 0.215. The first-order valence-electron chi connectivity index (χ1n) is 8.59. The van der Waals surface area contributed by atoms with E-state index in [4.69, 9.17) is 14.6 Å². The Bertz CT molecular complexity index is 689. The molecule has 0 saturated carbocycles. The van der Waals surface area contributed by atoms with Crippen molar-refractivity contribution in [3.8, 4) is 11.5 Å². The minimum Gasteiger partial charge on any atom is -0.489 e. The average Bonchev–Trinajstić information content (AvgIpc) is 2.66. The summed E-state index contributed by atoms with van der Waals surface area (Å²) in [6.07, 6.45) is 1.01. The van der Waals surface area contributed by atoms with Gasteiger partial charge in [-0.1, -0.05) is 42.5 Å². The van der Waals surface area contributed by atoms with E-state index in [2.05, 4.69) is 0 Å². The van der Waals surface area contributed by atoms with Crippen LogP contribution in [0, 0.1) is 5.92 Å². The summed E-state index contributed by atoms with van der Waals surface area (Å²) in [5.74, 6) is 1.62. The van der Waals surface area contributed by atoms with E-state index in [1.54, 1.807) is 0 Å². The fraction of sp³-hybridized carbons (Fsp3) is 0.350. The van der Waals surface area contributed by atoms with E-state index >= 15 is 0 Å². The SMILES string of the molecule is O=C(O)N1CCC[C@H](COc2ccccc2OCc2ccccc2)C1. The topological polar surface area (TPSA) is 59.0 Å². The van der Waals surface area contributed by atoms with Crippen molar-refractivity contribution >= 4 is 6.09 Å². The summed E-state index contributed by atoms with van der Waals surface area (Å²) in [4.78, 5) is 12.6. The van der Waals surface area contributed by atoms with Crippen molar-refractivity contribution in [2.45, 2.75) is 19.4 Å². The number of benzene rings is 2. The van der Waals surface area contributed by atoms with Gasteiger partial charge in [-0.05, 0) is 30.5 Å². The van der Waals surface area contributed by atoms with Gasteiger partial charge in [0.2, 0.25) is 0 Å². The van der Waals surface area contributed by atoms with Crippen LogP contribution in [-0.2, 0) is 6.61 Å². The summed E-state index contributed by atoms with van der Waals surface area (Å²) < 4.78 is 11.8. The molecular weight excluding hydrogens is 318 g/mol. The highest BCUT2D eigenvalue weighted by Gasteiger charge is 2.23. The lowest BCUT2D eigenvalue weighted by Crippen LogP contribution is -2.40. The van der Waals surface area contributed by atoms with Gasteiger partial charge in [0.05, 0.1) is 6.61 Å². The summed E-state index contributed by atoms with van der Waals surface area (Å²) in [5, 5.41) is 9.13. The molecule has 132 valence electrons. The number of rotatable bonds is 6. The molecule has 1 N–H and O–H groups in total. The normalized spacial score (nSPS) is 17.1. The Balaban J connectivity index is 1.56. The van der Waals surface area contributed by atoms with Crippen LogP contribution >= 0.6 is 0 Å². The molecule has 2 aromatic carbocycles. The molecule has 1 heterocycles. The second-order valence-electron chi connectivity index (χ2n) is 6.27. The Morgan fingerprint density at radius 2 is 1.72 bits per heavy atom. The lowest BCUT2D eigenvalue weighted by Gasteiger charge is -2.30. The first-order chi connectivity index (χ1) is 12.2. The molecule has 1 aliphatic heterocycles. The summed E-state index contributed by atoms with van der Waals surface area (Å²) in [5.41, 5.74) is 1.10. The number of carbonyl (C=O) groups is 1. The molecule has 2 aromatic rings. The molecule has 5 heteroatoms. The maximum atomic E-state index is 11.1. The van der Waals surface area contributed by atoms with Gasteiger partial charge >= 0.3 is 6.09 Å². The van der Waals surface area contributed by atoms with Crippen LogP contribution in [0.1, 0.15) is 18.4 Å². The third kappa shape index (κ3) is 4.89. The number of para-hydroxylation sites is 2. The van der Waals surface area contributed by atoms with Crippen molar-refractivity contribution in [3.05, 3.63) is 60.2 Å². The molecule has 0 radical (unpaired) electrons. The molecule has 0 spiro atoms. The standard InChI is InChI=1S/C20H23NO4/c22-20(23)21-12-6-9-17(13-21)15-25-19-11-5-4-10-18(19)24-14-16-7-2-1-3-8-16/h1-5,7-8,10-11,17H,6,9,12-15H2,(H,22,23)/t17-/m0/s1. The van der Waals surface area contributed by atoms with Gasteiger partial charge in [0.1, 0.15) is 6.61 Å². The smallest absolute Gasteiger partial charge is 0.407 e. The van der Waals surface area contributed by atoms with Gasteiger partial charge < -0.3 is 19.5 Å². The van der Waals surface area contributed by atoms with E-state index in [1.165, 1.54) is 4.90 Å². The number of piperidine rings is 1. The van der Waals surface area contributed by atoms with Gasteiger partial charge in [-0.15, -0.1) is 0 Å². The van der Waals surface area contributed by atoms with E-state index in [-0.39, 0.29) is 5.92 Å². The van der Waals surface area contributed by atoms with Crippen molar-refractivity contribution in [1.82, 2.24) is 4.90 Å². The Kier molecular flexibility index (Phi) is 5.77. The molecule has 5 nitrogen and oxygen atoms in total. The van der Waals surface area contributed by atoms with Crippen LogP contribution in [0.5, 0.6) is 11.5 Å². The fourth-order valence-corrected chi connectivity index (χ4v) is 3.01. The van der Waals surface area contributed by atoms with Crippen molar-refractivity contribution in [2.75, 3.05) is 19.7 Å². The molecule has 1 atom stereocenters. The molecule has 1 saturated heterocycles. The third-order valence-corrected chi connectivity index (χ3v) is 4.35. The quantitative estimate of drug-likeness (QED) is 0.862. The molecule has 25 heavy (non-hydrogen) atoms. The minimum atomic E-state index is -0.851. The van der Waals surface area contributed by atoms with Crippen molar-refractivity contribution < 1.29 is 19.4 Å². The zero-order chi connectivity index (χ0) is 17.5. The number of ether oxygens (including phenoxy) is 2. The summed E-state index contributed by atoms with van der Waals surface area (Å²) >= 11 is 0. The number of hydrogen-bond donors (Lipinski definition) is 1. The molecular formula is C20H23NO4. The molecule has 0 aromatic heterocycles. The molecule has 0 unspecified atom stereocenters. The van der Waals surface area contributed by atoms with Gasteiger partial charge in [0.25, 0.3) is 0 Å². The number of amides is 1. The Labute approximate surface area is 147 Å². The summed E-state index contributed by atoms with van der Waals surface area (Å²) in [6, 6.07) is 17.6. The Morgan fingerprint density at radius 1 is 1.04 bits per heavy atom. The average molecular weight is 341 g/mol. The van der Waals surface area contributed by atoms with Crippen LogP contribution in [0.2, 0.25) is 0 Å². The maximum Gasteiger partial charge on any atom is 0.407 e. The molecule has 1 fully saturated rings. The number of nitrogens with zero attached hydrogens (tertiary/aromatic N) is 1. The maximum absolute atomic E-state index is 11.1. The summed E-state index contributed by atoms with van der Waals surface area (Å²) in [6.45, 7) is 2.12. The molecule has 3 rings (SSSR count). The van der Waals surface area contributed by atoms with Crippen LogP contribution in [0.4, 0.5) is 4.79 Å². The van der Waals surface area contributed by atoms with Crippen LogP contribution in [0.3, 0.4) is 0 Å². The predicted molar refractivity (Wildman–Crippen MR) is 95.0 cm³/mol. The van der Waals surface area contributed by atoms with Crippen LogP contribution < -0.4 is 9.47 Å². The van der Waals surface area contributed by atoms with E-state index in [9.17, 15) is 4.79 Å². The molecule has 0 bridgehead atoms. The summed E-state index contributed by atoms with van der Waals surface area (Å²) in [7, 11) is 0. The highest BCUT2D eigenvalue weighted by molar-refractivity contribution is 5.65. The van der Waals surface area contributed by atoms with E-state index in [1.807, 2.05) is 54.6 Å². The number of hydrogen-bond acceptors (Lipinski definition) is 3. The predicted octanol–water partition coefficient (Wildman–Crippen LogP) is 4.03. The Morgan fingerprint density at radius 3 is 2.44 bits per heavy atom. The van der Waals surface area contributed by atoms with Gasteiger partial charge in [-0.3, -0.25) is 0 Å². The first kappa shape index (κ1) is 17.1. The Hall–Kier alpha value is -2.69. The third-order valence-electron chi connectivity index (χ3n) is 4.35. The van der Waals surface area contributed by atoms with E-state index < -0.39 is 6.09 Å². The highest BCUT2D eigenvalue weighted by Crippen LogP contribution is 2.28. The van der Waals surface area contributed by atoms with E-state index in [0.29, 0.717) is 37.8 Å². The lowest BCUT2D eigenvalue weighted by atomic mass is 9.99. The monoisotopic (exact) mass is 341 g/mol. The second-order valence-corrected chi connectivity index (χ2v) is 6.27. The zero-order valence-electron chi connectivity index (χ0n) is 14.1. The van der Waals surface area contributed by atoms with E-state index in [0.717, 1.165) is 18.4 Å². The van der Waals surface area contributed by atoms with Crippen LogP contribution in [-0.4, -0.2) is 35.8 Å². The van der Waals surface area contributed by atoms with Crippen molar-refractivity contribution in [2.24, 2.45) is 5.92 Å². The largest absolute Gasteiger partial charge is 0.489 e. The van der Waals surface area contributed by atoms with Crippen LogP contribution in [0.25, 0.3) is 0 Å². The van der Waals surface area contributed by atoms with Gasteiger partial charge in [-0.2, -0.15) is 0 Å². The highest BCUT2D eigenvalue weighted by atomic mass is 16.5. The van der Waals surface area contributed by atoms with Crippen LogP contribution in [0.15, 0.2) is 54.6 Å². The first-order valence-corrected chi connectivity index (χ1v) is 8.59. The lowest BCUT2D eigenvalue weighted by molar-refractivity contribution is 0.104. The molecule has 1 amide bonds. The van der Waals surface area contributed by atoms with Crippen molar-refractivity contribution in [3.63, 3.8) is 0 Å². The van der Waals surface area contributed by atoms with Gasteiger partial charge in [0.15, 0.2) is 11.5 Å². The van der Waals surface area contributed by atoms with Gasteiger partial charge in [-0.25, -0.2) is 4.79 Å². The second kappa shape index (κ2) is 8.42. The zero-order valence-corrected chi connectivity index (χ0v) is 14.1. The van der Waals surface area contributed by atoms with Gasteiger partial charge in [0, 0.05) is 19.0 Å². The molecule has 1 aliphatic rings. The number of carboxylic acid groups (broad SMARTS) is 1. The van der Waals surface area contributed by atoms with Crippen molar-refractivity contribution in [1.29, 1.82) is 0 Å². The molecule has 0 aliphatic carbocycles. The number of likely N-dealkylation sites (tertiary alicyclic amines) is 1. The fourth-order valence-electron chi connectivity index (χ4n) is 3.01.